The van der Waals surface area contributed by atoms with E-state index in [0.29, 0.717) is 30.9 Å². The maximum absolute atomic E-state index is 13.5. The summed E-state index contributed by atoms with van der Waals surface area (Å²) >= 11 is 0. The number of nitrogens with zero attached hydrogens (tertiary/aromatic N) is 2. The number of rotatable bonds is 6. The molecule has 0 saturated carbocycles. The van der Waals surface area contributed by atoms with Crippen molar-refractivity contribution in [2.45, 2.75) is 6.42 Å². The van der Waals surface area contributed by atoms with Crippen molar-refractivity contribution in [3.8, 4) is 5.75 Å². The second-order valence-corrected chi connectivity index (χ2v) is 7.31. The average molecular weight is 365 g/mol. The van der Waals surface area contributed by atoms with Crippen molar-refractivity contribution in [3.05, 3.63) is 48.3 Å². The normalized spacial score (nSPS) is 15.3. The molecule has 0 fully saturated rings. The highest BCUT2D eigenvalue weighted by atomic mass is 32.2. The van der Waals surface area contributed by atoms with Crippen LogP contribution in [0, 0.1) is 5.82 Å². The van der Waals surface area contributed by atoms with Gasteiger partial charge in [0, 0.05) is 12.6 Å². The smallest absolute Gasteiger partial charge is 0.331 e. The quantitative estimate of drug-likeness (QED) is 0.800. The SMILES string of the molecule is CNCCCN1c2ccccc2N(c2ccc(F)cc2OC)S1(=O)=O. The molecule has 0 radical (unpaired) electrons. The van der Waals surface area contributed by atoms with Crippen LogP contribution in [0.5, 0.6) is 5.75 Å². The van der Waals surface area contributed by atoms with Gasteiger partial charge in [0.25, 0.3) is 0 Å². The standard InChI is InChI=1S/C17H20FN3O3S/c1-19-10-5-11-20-14-6-3-4-7-15(14)21(25(20,22)23)16-9-8-13(18)12-17(16)24-2/h3-4,6-9,12,19H,5,10-11H2,1-2H3. The zero-order chi connectivity index (χ0) is 18.0. The third-order valence-corrected chi connectivity index (χ3v) is 5.82. The lowest BCUT2D eigenvalue weighted by Gasteiger charge is -2.23. The van der Waals surface area contributed by atoms with Crippen molar-refractivity contribution < 1.29 is 17.5 Å². The molecule has 0 atom stereocenters. The topological polar surface area (TPSA) is 61.9 Å². The number of halogens is 1. The molecular formula is C17H20FN3O3S. The van der Waals surface area contributed by atoms with Gasteiger partial charge in [-0.3, -0.25) is 4.31 Å². The minimum Gasteiger partial charge on any atom is -0.494 e. The molecular weight excluding hydrogens is 345 g/mol. The van der Waals surface area contributed by atoms with Crippen molar-refractivity contribution in [1.82, 2.24) is 5.32 Å². The Morgan fingerprint density at radius 2 is 1.84 bits per heavy atom. The zero-order valence-corrected chi connectivity index (χ0v) is 14.9. The number of hydrogen-bond donors (Lipinski definition) is 1. The fraction of sp³-hybridized carbons (Fsp3) is 0.294. The Morgan fingerprint density at radius 1 is 1.12 bits per heavy atom. The summed E-state index contributed by atoms with van der Waals surface area (Å²) in [6.45, 7) is 1.05. The molecule has 0 bridgehead atoms. The molecule has 2 aromatic rings. The summed E-state index contributed by atoms with van der Waals surface area (Å²) in [5, 5.41) is 3.01. The first-order valence-electron chi connectivity index (χ1n) is 7.91. The van der Waals surface area contributed by atoms with Crippen LogP contribution in [0.2, 0.25) is 0 Å². The monoisotopic (exact) mass is 365 g/mol. The van der Waals surface area contributed by atoms with E-state index in [0.717, 1.165) is 0 Å². The van der Waals surface area contributed by atoms with Crippen LogP contribution in [0.25, 0.3) is 0 Å². The van der Waals surface area contributed by atoms with Crippen molar-refractivity contribution >= 4 is 27.3 Å². The summed E-state index contributed by atoms with van der Waals surface area (Å²) in [6, 6.07) is 10.9. The second-order valence-electron chi connectivity index (χ2n) is 5.61. The number of anilines is 3. The Balaban J connectivity index is 2.11. The molecule has 25 heavy (non-hydrogen) atoms. The van der Waals surface area contributed by atoms with E-state index in [1.165, 1.54) is 33.9 Å². The lowest BCUT2D eigenvalue weighted by Crippen LogP contribution is -2.36. The zero-order valence-electron chi connectivity index (χ0n) is 14.1. The van der Waals surface area contributed by atoms with Crippen LogP contribution in [0.1, 0.15) is 6.42 Å². The van der Waals surface area contributed by atoms with Gasteiger partial charge >= 0.3 is 10.2 Å². The Hall–Kier alpha value is -2.32. The first-order valence-corrected chi connectivity index (χ1v) is 9.30. The minimum atomic E-state index is -3.83. The summed E-state index contributed by atoms with van der Waals surface area (Å²) in [7, 11) is -0.622. The summed E-state index contributed by atoms with van der Waals surface area (Å²) in [5.74, 6) is -0.327. The van der Waals surface area contributed by atoms with Crippen molar-refractivity contribution in [3.63, 3.8) is 0 Å². The van der Waals surface area contributed by atoms with Gasteiger partial charge in [-0.25, -0.2) is 8.70 Å². The number of ether oxygens (including phenoxy) is 1. The largest absolute Gasteiger partial charge is 0.494 e. The van der Waals surface area contributed by atoms with Gasteiger partial charge in [0.1, 0.15) is 17.3 Å². The van der Waals surface area contributed by atoms with Crippen molar-refractivity contribution in [1.29, 1.82) is 0 Å². The van der Waals surface area contributed by atoms with Gasteiger partial charge in [0.2, 0.25) is 0 Å². The molecule has 1 heterocycles. The van der Waals surface area contributed by atoms with E-state index in [1.54, 1.807) is 24.3 Å². The molecule has 1 N–H and O–H groups in total. The maximum atomic E-state index is 13.5. The molecule has 0 aliphatic carbocycles. The van der Waals surface area contributed by atoms with Crippen molar-refractivity contribution in [2.24, 2.45) is 0 Å². The third-order valence-electron chi connectivity index (χ3n) is 4.03. The highest BCUT2D eigenvalue weighted by molar-refractivity contribution is 7.95. The predicted molar refractivity (Wildman–Crippen MR) is 96.3 cm³/mol. The summed E-state index contributed by atoms with van der Waals surface area (Å²) in [4.78, 5) is 0. The molecule has 6 nitrogen and oxygen atoms in total. The van der Waals surface area contributed by atoms with Gasteiger partial charge in [0.05, 0.1) is 18.5 Å². The van der Waals surface area contributed by atoms with Crippen LogP contribution < -0.4 is 18.7 Å². The molecule has 2 aromatic carbocycles. The minimum absolute atomic E-state index is 0.162. The van der Waals surface area contributed by atoms with Crippen LogP contribution in [-0.4, -0.2) is 35.7 Å². The van der Waals surface area contributed by atoms with Gasteiger partial charge in [-0.15, -0.1) is 0 Å². The molecule has 1 aliphatic heterocycles. The lowest BCUT2D eigenvalue weighted by atomic mass is 10.2. The predicted octanol–water partition coefficient (Wildman–Crippen LogP) is 2.65. The fourth-order valence-electron chi connectivity index (χ4n) is 2.90. The molecule has 0 aromatic heterocycles. The van der Waals surface area contributed by atoms with Crippen LogP contribution in [-0.2, 0) is 10.2 Å². The van der Waals surface area contributed by atoms with Gasteiger partial charge in [-0.2, -0.15) is 8.42 Å². The van der Waals surface area contributed by atoms with E-state index < -0.39 is 16.0 Å². The first kappa shape index (κ1) is 17.5. The van der Waals surface area contributed by atoms with Crippen LogP contribution in [0.15, 0.2) is 42.5 Å². The highest BCUT2D eigenvalue weighted by Gasteiger charge is 2.41. The molecule has 0 spiro atoms. The summed E-state index contributed by atoms with van der Waals surface area (Å²) in [6.07, 6.45) is 0.665. The van der Waals surface area contributed by atoms with Gasteiger partial charge in [-0.05, 0) is 44.3 Å². The molecule has 8 heteroatoms. The van der Waals surface area contributed by atoms with E-state index in [1.807, 2.05) is 7.05 Å². The molecule has 0 unspecified atom stereocenters. The molecule has 0 amide bonds. The Kier molecular flexibility index (Phi) is 4.82. The van der Waals surface area contributed by atoms with Crippen LogP contribution in [0.3, 0.4) is 0 Å². The van der Waals surface area contributed by atoms with E-state index in [-0.39, 0.29) is 11.4 Å². The molecule has 1 aliphatic rings. The van der Waals surface area contributed by atoms with E-state index in [9.17, 15) is 12.8 Å². The van der Waals surface area contributed by atoms with Gasteiger partial charge < -0.3 is 10.1 Å². The van der Waals surface area contributed by atoms with E-state index in [4.69, 9.17) is 4.74 Å². The number of methoxy groups -OCH3 is 1. The second kappa shape index (κ2) is 6.89. The van der Waals surface area contributed by atoms with Gasteiger partial charge in [-0.1, -0.05) is 12.1 Å². The third kappa shape index (κ3) is 3.03. The lowest BCUT2D eigenvalue weighted by molar-refractivity contribution is 0.412. The number of nitrogens with one attached hydrogen (secondary N) is 1. The Labute approximate surface area is 147 Å². The highest BCUT2D eigenvalue weighted by Crippen LogP contribution is 2.47. The molecule has 134 valence electrons. The van der Waals surface area contributed by atoms with Gasteiger partial charge in [0.15, 0.2) is 0 Å². The Morgan fingerprint density at radius 3 is 2.52 bits per heavy atom. The number of para-hydroxylation sites is 2. The first-order chi connectivity index (χ1) is 12.0. The van der Waals surface area contributed by atoms with Crippen LogP contribution >= 0.6 is 0 Å². The molecule has 0 saturated heterocycles. The van der Waals surface area contributed by atoms with Crippen molar-refractivity contribution in [2.75, 3.05) is 35.9 Å². The summed E-state index contributed by atoms with van der Waals surface area (Å²) in [5.41, 5.74) is 1.41. The summed E-state index contributed by atoms with van der Waals surface area (Å²) < 4.78 is 47.7. The number of hydrogen-bond acceptors (Lipinski definition) is 4. The van der Waals surface area contributed by atoms with E-state index >= 15 is 0 Å². The van der Waals surface area contributed by atoms with E-state index in [2.05, 4.69) is 5.32 Å². The fourth-order valence-corrected chi connectivity index (χ4v) is 4.66. The average Bonchev–Trinajstić information content (AvgIpc) is 2.82. The maximum Gasteiger partial charge on any atom is 0.331 e. The number of benzene rings is 2. The number of fused-ring (bicyclic) bond motifs is 1. The Bertz CT molecular complexity index is 873. The molecule has 3 rings (SSSR count). The van der Waals surface area contributed by atoms with Crippen LogP contribution in [0.4, 0.5) is 21.5 Å².